The van der Waals surface area contributed by atoms with Crippen molar-refractivity contribution < 1.29 is 19.8 Å². The molecule has 1 unspecified atom stereocenters. The number of carboxylic acids is 2. The van der Waals surface area contributed by atoms with Gasteiger partial charge in [0.05, 0.1) is 6.42 Å². The number of nitrogens with zero attached hydrogens (tertiary/aromatic N) is 2. The second kappa shape index (κ2) is 7.57. The molecule has 1 heterocycles. The molecule has 19 heavy (non-hydrogen) atoms. The summed E-state index contributed by atoms with van der Waals surface area (Å²) in [6.45, 7) is 0. The molecule has 7 nitrogen and oxygen atoms in total. The summed E-state index contributed by atoms with van der Waals surface area (Å²) in [5.41, 5.74) is 0.366. The summed E-state index contributed by atoms with van der Waals surface area (Å²) >= 11 is 1.54. The largest absolute Gasteiger partial charge is 0.481 e. The van der Waals surface area contributed by atoms with E-state index in [9.17, 15) is 9.59 Å². The van der Waals surface area contributed by atoms with E-state index < -0.39 is 18.0 Å². The van der Waals surface area contributed by atoms with E-state index in [0.29, 0.717) is 17.7 Å². The van der Waals surface area contributed by atoms with E-state index in [2.05, 4.69) is 15.3 Å². The number of nitrogens with one attached hydrogen (secondary N) is 1. The quantitative estimate of drug-likeness (QED) is 0.640. The first-order valence-corrected chi connectivity index (χ1v) is 6.93. The van der Waals surface area contributed by atoms with Gasteiger partial charge in [-0.3, -0.25) is 4.79 Å². The van der Waals surface area contributed by atoms with E-state index in [1.54, 1.807) is 11.8 Å². The highest BCUT2D eigenvalue weighted by molar-refractivity contribution is 7.98. The van der Waals surface area contributed by atoms with Crippen molar-refractivity contribution in [1.29, 1.82) is 0 Å². The highest BCUT2D eigenvalue weighted by atomic mass is 32.2. The number of aliphatic carboxylic acids is 2. The number of aromatic nitrogens is 2. The van der Waals surface area contributed by atoms with Crippen molar-refractivity contribution in [3.8, 4) is 0 Å². The minimum absolute atomic E-state index is 0.252. The second-order valence-corrected chi connectivity index (χ2v) is 4.77. The smallest absolute Gasteiger partial charge is 0.326 e. The summed E-state index contributed by atoms with van der Waals surface area (Å²) in [6, 6.07) is -0.796. The molecular weight excluding hydrogens is 270 g/mol. The first-order chi connectivity index (χ1) is 9.04. The third-order valence-corrected chi connectivity index (χ3v) is 2.99. The zero-order valence-corrected chi connectivity index (χ0v) is 11.2. The standard InChI is InChI=1S/C11H15N3O4S/c1-19-3-2-8(11(17)18)14-10-7(4-9(15)16)5-12-6-13-10/h5-6,8H,2-4H2,1H3,(H,15,16)(H,17,18)(H,12,13,14). The van der Waals surface area contributed by atoms with Crippen LogP contribution in [0.3, 0.4) is 0 Å². The van der Waals surface area contributed by atoms with Crippen molar-refractivity contribution >= 4 is 29.5 Å². The Bertz CT molecular complexity index is 455. The molecule has 0 aromatic carbocycles. The third-order valence-electron chi connectivity index (χ3n) is 2.35. The van der Waals surface area contributed by atoms with Gasteiger partial charge in [-0.25, -0.2) is 14.8 Å². The van der Waals surface area contributed by atoms with Gasteiger partial charge < -0.3 is 15.5 Å². The lowest BCUT2D eigenvalue weighted by Crippen LogP contribution is -2.31. The minimum atomic E-state index is -1.02. The van der Waals surface area contributed by atoms with Crippen LogP contribution in [0.15, 0.2) is 12.5 Å². The molecule has 0 spiro atoms. The maximum atomic E-state index is 11.1. The number of hydrogen-bond acceptors (Lipinski definition) is 6. The van der Waals surface area contributed by atoms with Crippen molar-refractivity contribution in [2.24, 2.45) is 0 Å². The van der Waals surface area contributed by atoms with Crippen LogP contribution in [-0.2, 0) is 16.0 Å². The lowest BCUT2D eigenvalue weighted by Gasteiger charge is -2.16. The van der Waals surface area contributed by atoms with Gasteiger partial charge in [-0.05, 0) is 18.4 Å². The zero-order valence-electron chi connectivity index (χ0n) is 10.4. The molecule has 0 saturated heterocycles. The number of thioether (sulfide) groups is 1. The van der Waals surface area contributed by atoms with Crippen LogP contribution in [0, 0.1) is 0 Å². The predicted molar refractivity (Wildman–Crippen MR) is 71.4 cm³/mol. The minimum Gasteiger partial charge on any atom is -0.481 e. The second-order valence-electron chi connectivity index (χ2n) is 3.78. The highest BCUT2D eigenvalue weighted by Crippen LogP contribution is 2.14. The van der Waals surface area contributed by atoms with Gasteiger partial charge in [0.2, 0.25) is 0 Å². The summed E-state index contributed by atoms with van der Waals surface area (Å²) in [7, 11) is 0. The lowest BCUT2D eigenvalue weighted by molar-refractivity contribution is -0.138. The van der Waals surface area contributed by atoms with Crippen LogP contribution in [0.25, 0.3) is 0 Å². The van der Waals surface area contributed by atoms with Crippen LogP contribution >= 0.6 is 11.8 Å². The van der Waals surface area contributed by atoms with Crippen LogP contribution in [0.4, 0.5) is 5.82 Å². The number of carbonyl (C=O) groups is 2. The van der Waals surface area contributed by atoms with E-state index in [-0.39, 0.29) is 12.2 Å². The van der Waals surface area contributed by atoms with Crippen LogP contribution < -0.4 is 5.32 Å². The van der Waals surface area contributed by atoms with Gasteiger partial charge in [0, 0.05) is 11.8 Å². The summed E-state index contributed by atoms with van der Waals surface area (Å²) in [4.78, 5) is 29.5. The molecule has 1 aromatic heterocycles. The summed E-state index contributed by atoms with van der Waals surface area (Å²) in [5.74, 6) is -1.07. The molecule has 0 aliphatic rings. The van der Waals surface area contributed by atoms with Crippen LogP contribution in [-0.4, -0.2) is 50.2 Å². The van der Waals surface area contributed by atoms with Crippen molar-refractivity contribution in [2.75, 3.05) is 17.3 Å². The van der Waals surface area contributed by atoms with Gasteiger partial charge in [-0.15, -0.1) is 0 Å². The Morgan fingerprint density at radius 1 is 1.47 bits per heavy atom. The monoisotopic (exact) mass is 285 g/mol. The van der Waals surface area contributed by atoms with Gasteiger partial charge in [-0.2, -0.15) is 11.8 Å². The average Bonchev–Trinajstić information content (AvgIpc) is 2.35. The average molecular weight is 285 g/mol. The van der Waals surface area contributed by atoms with E-state index in [4.69, 9.17) is 10.2 Å². The Kier molecular flexibility index (Phi) is 6.07. The van der Waals surface area contributed by atoms with Gasteiger partial charge >= 0.3 is 11.9 Å². The normalized spacial score (nSPS) is 11.8. The van der Waals surface area contributed by atoms with Crippen molar-refractivity contribution in [3.05, 3.63) is 18.1 Å². The summed E-state index contributed by atoms with van der Waals surface area (Å²) < 4.78 is 0. The maximum Gasteiger partial charge on any atom is 0.326 e. The molecule has 0 fully saturated rings. The molecule has 3 N–H and O–H groups in total. The van der Waals surface area contributed by atoms with Gasteiger partial charge in [0.25, 0.3) is 0 Å². The fraction of sp³-hybridized carbons (Fsp3) is 0.455. The van der Waals surface area contributed by atoms with E-state index in [0.717, 1.165) is 0 Å². The molecule has 0 radical (unpaired) electrons. The van der Waals surface area contributed by atoms with Crippen molar-refractivity contribution in [2.45, 2.75) is 18.9 Å². The number of rotatable bonds is 8. The molecule has 104 valence electrons. The van der Waals surface area contributed by atoms with Gasteiger partial charge in [0.15, 0.2) is 0 Å². The van der Waals surface area contributed by atoms with E-state index in [1.165, 1.54) is 12.5 Å². The van der Waals surface area contributed by atoms with Crippen LogP contribution in [0.2, 0.25) is 0 Å². The number of anilines is 1. The molecule has 1 aromatic rings. The highest BCUT2D eigenvalue weighted by Gasteiger charge is 2.19. The molecule has 0 bridgehead atoms. The van der Waals surface area contributed by atoms with Gasteiger partial charge in [-0.1, -0.05) is 0 Å². The van der Waals surface area contributed by atoms with Crippen molar-refractivity contribution in [1.82, 2.24) is 9.97 Å². The Labute approximate surface area is 114 Å². The molecular formula is C11H15N3O4S. The lowest BCUT2D eigenvalue weighted by atomic mass is 10.2. The third kappa shape index (κ3) is 5.12. The molecule has 1 rings (SSSR count). The Morgan fingerprint density at radius 2 is 2.21 bits per heavy atom. The Balaban J connectivity index is 2.83. The molecule has 8 heteroatoms. The summed E-state index contributed by atoms with van der Waals surface area (Å²) in [6.07, 6.45) is 4.68. The SMILES string of the molecule is CSCCC(Nc1ncncc1CC(=O)O)C(=O)O. The molecule has 1 atom stereocenters. The van der Waals surface area contributed by atoms with E-state index in [1.807, 2.05) is 6.26 Å². The molecule has 0 aliphatic heterocycles. The Hall–Kier alpha value is -1.83. The summed E-state index contributed by atoms with van der Waals surface area (Å²) in [5, 5.41) is 20.6. The molecule has 0 amide bonds. The van der Waals surface area contributed by atoms with Gasteiger partial charge in [0.1, 0.15) is 18.2 Å². The first kappa shape index (κ1) is 15.2. The van der Waals surface area contributed by atoms with E-state index >= 15 is 0 Å². The number of carboxylic acid groups (broad SMARTS) is 2. The predicted octanol–water partition coefficient (Wildman–Crippen LogP) is 0.722. The molecule has 0 saturated carbocycles. The van der Waals surface area contributed by atoms with Crippen LogP contribution in [0.5, 0.6) is 0 Å². The fourth-order valence-corrected chi connectivity index (χ4v) is 1.91. The maximum absolute atomic E-state index is 11.1. The fourth-order valence-electron chi connectivity index (χ4n) is 1.44. The first-order valence-electron chi connectivity index (χ1n) is 5.53. The van der Waals surface area contributed by atoms with Crippen molar-refractivity contribution in [3.63, 3.8) is 0 Å². The van der Waals surface area contributed by atoms with Crippen LogP contribution in [0.1, 0.15) is 12.0 Å². The topological polar surface area (TPSA) is 112 Å². The zero-order chi connectivity index (χ0) is 14.3. The molecule has 0 aliphatic carbocycles. The Morgan fingerprint density at radius 3 is 2.79 bits per heavy atom. The number of hydrogen-bond donors (Lipinski definition) is 3.